The first kappa shape index (κ1) is 19.2. The minimum atomic E-state index is -0.462. The molecule has 3 aromatic carbocycles. The molecule has 5 nitrogen and oxygen atoms in total. The van der Waals surface area contributed by atoms with Gasteiger partial charge < -0.3 is 16.0 Å². The van der Waals surface area contributed by atoms with Crippen LogP contribution in [0.5, 0.6) is 0 Å². The Bertz CT molecular complexity index is 970. The second-order valence-electron chi connectivity index (χ2n) is 6.53. The summed E-state index contributed by atoms with van der Waals surface area (Å²) in [5.74, 6) is -0.284. The van der Waals surface area contributed by atoms with Gasteiger partial charge in [0.05, 0.1) is 0 Å². The Kier molecular flexibility index (Phi) is 6.07. The molecule has 0 aliphatic rings. The van der Waals surface area contributed by atoms with Crippen molar-refractivity contribution in [3.8, 4) is 11.1 Å². The number of benzene rings is 3. The van der Waals surface area contributed by atoms with Gasteiger partial charge in [-0.1, -0.05) is 54.6 Å². The Morgan fingerprint density at radius 3 is 2.21 bits per heavy atom. The van der Waals surface area contributed by atoms with E-state index in [9.17, 15) is 9.59 Å². The lowest BCUT2D eigenvalue weighted by molar-refractivity contribution is -0.116. The molecule has 5 heteroatoms. The predicted molar refractivity (Wildman–Crippen MR) is 114 cm³/mol. The van der Waals surface area contributed by atoms with Crippen molar-refractivity contribution in [3.05, 3.63) is 78.9 Å². The van der Waals surface area contributed by atoms with Crippen molar-refractivity contribution in [2.45, 2.75) is 19.9 Å². The Balaban J connectivity index is 1.71. The third-order valence-corrected chi connectivity index (χ3v) is 4.23. The number of anilines is 3. The van der Waals surface area contributed by atoms with Gasteiger partial charge in [0.15, 0.2) is 0 Å². The van der Waals surface area contributed by atoms with E-state index < -0.39 is 6.04 Å². The normalized spacial score (nSPS) is 11.4. The first-order valence-corrected chi connectivity index (χ1v) is 9.12. The zero-order valence-electron chi connectivity index (χ0n) is 15.9. The minimum absolute atomic E-state index is 0.138. The van der Waals surface area contributed by atoms with Gasteiger partial charge in [0.25, 0.3) is 0 Å². The second-order valence-corrected chi connectivity index (χ2v) is 6.53. The Hall–Kier alpha value is -3.60. The van der Waals surface area contributed by atoms with Crippen LogP contribution in [0.3, 0.4) is 0 Å². The molecule has 0 aliphatic carbocycles. The summed E-state index contributed by atoms with van der Waals surface area (Å²) in [7, 11) is 0. The smallest absolute Gasteiger partial charge is 0.246 e. The maximum Gasteiger partial charge on any atom is 0.246 e. The fourth-order valence-electron chi connectivity index (χ4n) is 2.91. The van der Waals surface area contributed by atoms with Crippen molar-refractivity contribution in [3.63, 3.8) is 0 Å². The summed E-state index contributed by atoms with van der Waals surface area (Å²) in [5.41, 5.74) is 4.21. The number of hydrogen-bond donors (Lipinski definition) is 3. The summed E-state index contributed by atoms with van der Waals surface area (Å²) < 4.78 is 0. The van der Waals surface area contributed by atoms with E-state index in [1.54, 1.807) is 19.1 Å². The fourth-order valence-corrected chi connectivity index (χ4v) is 2.91. The molecule has 2 amide bonds. The second kappa shape index (κ2) is 8.86. The summed E-state index contributed by atoms with van der Waals surface area (Å²) in [6, 6.07) is 24.5. The van der Waals surface area contributed by atoms with Crippen molar-refractivity contribution in [1.29, 1.82) is 0 Å². The molecule has 3 N–H and O–H groups in total. The lowest BCUT2D eigenvalue weighted by Gasteiger charge is -2.17. The van der Waals surface area contributed by atoms with Crippen LogP contribution in [0.15, 0.2) is 78.9 Å². The minimum Gasteiger partial charge on any atom is -0.374 e. The molecular formula is C23H23N3O2. The van der Waals surface area contributed by atoms with Gasteiger partial charge in [-0.3, -0.25) is 9.59 Å². The summed E-state index contributed by atoms with van der Waals surface area (Å²) in [5, 5.41) is 8.91. The standard InChI is InChI=1S/C23H23N3O2/c1-16(24-19-11-8-12-20(15-19)25-17(2)27)23(28)26-22-14-7-6-13-21(22)18-9-4-3-5-10-18/h3-16,24H,1-2H3,(H,25,27)(H,26,28)/t16-/m0/s1. The van der Waals surface area contributed by atoms with Crippen LogP contribution in [0.25, 0.3) is 11.1 Å². The largest absolute Gasteiger partial charge is 0.374 e. The van der Waals surface area contributed by atoms with Gasteiger partial charge in [0.1, 0.15) is 6.04 Å². The molecule has 1 atom stereocenters. The maximum absolute atomic E-state index is 12.7. The van der Waals surface area contributed by atoms with Crippen LogP contribution in [-0.4, -0.2) is 17.9 Å². The Morgan fingerprint density at radius 2 is 1.46 bits per heavy atom. The topological polar surface area (TPSA) is 70.2 Å². The van der Waals surface area contributed by atoms with Crippen LogP contribution < -0.4 is 16.0 Å². The van der Waals surface area contributed by atoms with Crippen molar-refractivity contribution in [1.82, 2.24) is 0 Å². The van der Waals surface area contributed by atoms with Crippen molar-refractivity contribution in [2.75, 3.05) is 16.0 Å². The van der Waals surface area contributed by atoms with Gasteiger partial charge in [0, 0.05) is 29.5 Å². The van der Waals surface area contributed by atoms with E-state index >= 15 is 0 Å². The van der Waals surface area contributed by atoms with Crippen LogP contribution in [0.1, 0.15) is 13.8 Å². The highest BCUT2D eigenvalue weighted by Gasteiger charge is 2.15. The van der Waals surface area contributed by atoms with Crippen LogP contribution >= 0.6 is 0 Å². The van der Waals surface area contributed by atoms with Crippen molar-refractivity contribution < 1.29 is 9.59 Å². The SMILES string of the molecule is CC(=O)Nc1cccc(N[C@@H](C)C(=O)Nc2ccccc2-c2ccccc2)c1. The van der Waals surface area contributed by atoms with Crippen LogP contribution in [-0.2, 0) is 9.59 Å². The van der Waals surface area contributed by atoms with E-state index in [4.69, 9.17) is 0 Å². The lowest BCUT2D eigenvalue weighted by atomic mass is 10.0. The molecule has 0 saturated heterocycles. The molecule has 142 valence electrons. The highest BCUT2D eigenvalue weighted by molar-refractivity contribution is 5.99. The highest BCUT2D eigenvalue weighted by atomic mass is 16.2. The van der Waals surface area contributed by atoms with Gasteiger partial charge >= 0.3 is 0 Å². The number of hydrogen-bond acceptors (Lipinski definition) is 3. The fraction of sp³-hybridized carbons (Fsp3) is 0.130. The average Bonchev–Trinajstić information content (AvgIpc) is 2.69. The maximum atomic E-state index is 12.7. The predicted octanol–water partition coefficient (Wildman–Crippen LogP) is 4.75. The van der Waals surface area contributed by atoms with E-state index in [-0.39, 0.29) is 11.8 Å². The van der Waals surface area contributed by atoms with Crippen LogP contribution in [0.4, 0.5) is 17.1 Å². The van der Waals surface area contributed by atoms with E-state index in [1.807, 2.05) is 66.7 Å². The molecule has 0 bridgehead atoms. The van der Waals surface area contributed by atoms with E-state index in [0.29, 0.717) is 5.69 Å². The number of carbonyl (C=O) groups is 2. The van der Waals surface area contributed by atoms with E-state index in [1.165, 1.54) is 6.92 Å². The third kappa shape index (κ3) is 4.98. The molecule has 0 heterocycles. The molecule has 0 aromatic heterocycles. The molecular weight excluding hydrogens is 350 g/mol. The molecule has 0 fully saturated rings. The van der Waals surface area contributed by atoms with Gasteiger partial charge in [-0.25, -0.2) is 0 Å². The number of amides is 2. The molecule has 0 aliphatic heterocycles. The average molecular weight is 373 g/mol. The summed E-state index contributed by atoms with van der Waals surface area (Å²) >= 11 is 0. The lowest BCUT2D eigenvalue weighted by Crippen LogP contribution is -2.32. The quantitative estimate of drug-likeness (QED) is 0.584. The monoisotopic (exact) mass is 373 g/mol. The molecule has 0 radical (unpaired) electrons. The first-order chi connectivity index (χ1) is 13.5. The van der Waals surface area contributed by atoms with Gasteiger partial charge in [-0.05, 0) is 36.8 Å². The summed E-state index contributed by atoms with van der Waals surface area (Å²) in [6.45, 7) is 3.26. The van der Waals surface area contributed by atoms with E-state index in [0.717, 1.165) is 22.5 Å². The molecule has 0 unspecified atom stereocenters. The van der Waals surface area contributed by atoms with Gasteiger partial charge in [-0.2, -0.15) is 0 Å². The molecule has 28 heavy (non-hydrogen) atoms. The van der Waals surface area contributed by atoms with Crippen LogP contribution in [0.2, 0.25) is 0 Å². The number of carbonyl (C=O) groups excluding carboxylic acids is 2. The van der Waals surface area contributed by atoms with Crippen molar-refractivity contribution >= 4 is 28.9 Å². The molecule has 3 rings (SSSR count). The number of nitrogens with one attached hydrogen (secondary N) is 3. The molecule has 0 saturated carbocycles. The number of para-hydroxylation sites is 1. The zero-order valence-corrected chi connectivity index (χ0v) is 15.9. The molecule has 3 aromatic rings. The third-order valence-electron chi connectivity index (χ3n) is 4.23. The van der Waals surface area contributed by atoms with Gasteiger partial charge in [0.2, 0.25) is 11.8 Å². The zero-order chi connectivity index (χ0) is 19.9. The Labute approximate surface area is 164 Å². The first-order valence-electron chi connectivity index (χ1n) is 9.12. The summed E-state index contributed by atoms with van der Waals surface area (Å²) in [4.78, 5) is 23.9. The van der Waals surface area contributed by atoms with Crippen LogP contribution in [0, 0.1) is 0 Å². The van der Waals surface area contributed by atoms with Crippen molar-refractivity contribution in [2.24, 2.45) is 0 Å². The molecule has 0 spiro atoms. The van der Waals surface area contributed by atoms with E-state index in [2.05, 4.69) is 16.0 Å². The summed E-state index contributed by atoms with van der Waals surface area (Å²) in [6.07, 6.45) is 0. The van der Waals surface area contributed by atoms with Gasteiger partial charge in [-0.15, -0.1) is 0 Å². The number of rotatable bonds is 6. The Morgan fingerprint density at radius 1 is 0.786 bits per heavy atom. The highest BCUT2D eigenvalue weighted by Crippen LogP contribution is 2.27.